The molecular formula is C18H27N3O3. The van der Waals surface area contributed by atoms with Crippen molar-refractivity contribution < 1.29 is 14.3 Å². The summed E-state index contributed by atoms with van der Waals surface area (Å²) in [5.74, 6) is 0.0701. The van der Waals surface area contributed by atoms with Gasteiger partial charge in [-0.3, -0.25) is 9.69 Å². The van der Waals surface area contributed by atoms with Crippen molar-refractivity contribution >= 4 is 17.6 Å². The summed E-state index contributed by atoms with van der Waals surface area (Å²) in [5.41, 5.74) is 6.47. The summed E-state index contributed by atoms with van der Waals surface area (Å²) >= 11 is 0. The summed E-state index contributed by atoms with van der Waals surface area (Å²) in [7, 11) is 0. The summed E-state index contributed by atoms with van der Waals surface area (Å²) in [6.07, 6.45) is -0.292. The van der Waals surface area contributed by atoms with E-state index in [4.69, 9.17) is 10.5 Å². The van der Waals surface area contributed by atoms with Crippen LogP contribution in [-0.4, -0.2) is 59.5 Å². The van der Waals surface area contributed by atoms with Crippen molar-refractivity contribution in [3.63, 3.8) is 0 Å². The number of hydrogen-bond acceptors (Lipinski definition) is 5. The number of ether oxygens (including phenoxy) is 1. The highest BCUT2D eigenvalue weighted by molar-refractivity contribution is 6.00. The highest BCUT2D eigenvalue weighted by Crippen LogP contribution is 2.16. The van der Waals surface area contributed by atoms with Gasteiger partial charge in [-0.05, 0) is 52.0 Å². The minimum Gasteiger partial charge on any atom is -0.444 e. The van der Waals surface area contributed by atoms with Crippen LogP contribution in [0.4, 0.5) is 10.5 Å². The Kier molecular flexibility index (Phi) is 5.49. The monoisotopic (exact) mass is 333 g/mol. The molecule has 0 aromatic heterocycles. The first-order valence-corrected chi connectivity index (χ1v) is 8.29. The minimum absolute atomic E-state index is 0.0701. The molecule has 6 nitrogen and oxygen atoms in total. The predicted octanol–water partition coefficient (Wildman–Crippen LogP) is 2.39. The molecule has 2 rings (SSSR count). The summed E-state index contributed by atoms with van der Waals surface area (Å²) < 4.78 is 5.39. The minimum atomic E-state index is -0.493. The zero-order chi connectivity index (χ0) is 17.9. The second-order valence-electron chi connectivity index (χ2n) is 7.17. The maximum Gasteiger partial charge on any atom is 0.410 e. The molecule has 0 radical (unpaired) electrons. The summed E-state index contributed by atoms with van der Waals surface area (Å²) in [4.78, 5) is 28.4. The molecule has 1 aromatic rings. The second kappa shape index (κ2) is 7.21. The highest BCUT2D eigenvalue weighted by atomic mass is 16.6. The zero-order valence-corrected chi connectivity index (χ0v) is 14.9. The van der Waals surface area contributed by atoms with Crippen molar-refractivity contribution in [3.05, 3.63) is 29.8 Å². The van der Waals surface area contributed by atoms with Crippen molar-refractivity contribution in [2.75, 3.05) is 31.9 Å². The molecule has 6 heteroatoms. The first kappa shape index (κ1) is 18.3. The molecule has 1 aliphatic heterocycles. The van der Waals surface area contributed by atoms with Gasteiger partial charge in [-0.25, -0.2) is 4.79 Å². The Bertz CT molecular complexity index is 585. The van der Waals surface area contributed by atoms with Crippen LogP contribution in [0.2, 0.25) is 0 Å². The number of nitrogens with two attached hydrogens (primary N) is 1. The molecule has 0 aliphatic carbocycles. The average Bonchev–Trinajstić information content (AvgIpc) is 2.53. The molecule has 1 fully saturated rings. The number of nitrogen functional groups attached to an aromatic ring is 1. The van der Waals surface area contributed by atoms with Gasteiger partial charge < -0.3 is 15.4 Å². The maximum absolute atomic E-state index is 12.6. The number of hydrogen-bond donors (Lipinski definition) is 1. The Morgan fingerprint density at radius 3 is 2.12 bits per heavy atom. The van der Waals surface area contributed by atoms with E-state index in [1.165, 1.54) is 0 Å². The third kappa shape index (κ3) is 4.71. The van der Waals surface area contributed by atoms with E-state index in [0.29, 0.717) is 37.4 Å². The van der Waals surface area contributed by atoms with Gasteiger partial charge in [-0.2, -0.15) is 0 Å². The van der Waals surface area contributed by atoms with Crippen LogP contribution in [-0.2, 0) is 4.74 Å². The number of carbonyl (C=O) groups is 2. The summed E-state index contributed by atoms with van der Waals surface area (Å²) in [5, 5.41) is 0. The van der Waals surface area contributed by atoms with Gasteiger partial charge >= 0.3 is 6.09 Å². The molecule has 1 amide bonds. The average molecular weight is 333 g/mol. The predicted molar refractivity (Wildman–Crippen MR) is 94.0 cm³/mol. The fourth-order valence-corrected chi connectivity index (χ4v) is 2.67. The van der Waals surface area contributed by atoms with Crippen LogP contribution in [0.3, 0.4) is 0 Å². The Balaban J connectivity index is 1.90. The molecular weight excluding hydrogens is 306 g/mol. The number of Topliss-reactive ketones (excluding diaryl/α,β-unsaturated/α-hetero) is 1. The van der Waals surface area contributed by atoms with Crippen molar-refractivity contribution in [1.82, 2.24) is 9.80 Å². The number of benzene rings is 1. The van der Waals surface area contributed by atoms with Crippen molar-refractivity contribution in [3.8, 4) is 0 Å². The Morgan fingerprint density at radius 2 is 1.62 bits per heavy atom. The van der Waals surface area contributed by atoms with E-state index < -0.39 is 5.60 Å². The number of anilines is 1. The van der Waals surface area contributed by atoms with Gasteiger partial charge in [-0.1, -0.05) is 0 Å². The molecule has 1 atom stereocenters. The lowest BCUT2D eigenvalue weighted by Crippen LogP contribution is -2.53. The number of nitrogens with zero attached hydrogens (tertiary/aromatic N) is 2. The maximum atomic E-state index is 12.6. The Morgan fingerprint density at radius 1 is 1.08 bits per heavy atom. The van der Waals surface area contributed by atoms with E-state index in [0.717, 1.165) is 0 Å². The fraction of sp³-hybridized carbons (Fsp3) is 0.556. The molecule has 2 N–H and O–H groups in total. The van der Waals surface area contributed by atoms with Gasteiger partial charge in [0.15, 0.2) is 5.78 Å². The van der Waals surface area contributed by atoms with Crippen LogP contribution in [0, 0.1) is 0 Å². The largest absolute Gasteiger partial charge is 0.444 e. The van der Waals surface area contributed by atoms with Crippen LogP contribution in [0.1, 0.15) is 38.1 Å². The lowest BCUT2D eigenvalue weighted by molar-refractivity contribution is 0.0117. The van der Waals surface area contributed by atoms with Gasteiger partial charge in [-0.15, -0.1) is 0 Å². The van der Waals surface area contributed by atoms with Gasteiger partial charge in [0.2, 0.25) is 0 Å². The quantitative estimate of drug-likeness (QED) is 0.679. The second-order valence-corrected chi connectivity index (χ2v) is 7.17. The third-order valence-corrected chi connectivity index (χ3v) is 4.09. The SMILES string of the molecule is CC(C(=O)c1ccc(N)cc1)N1CCN(C(=O)OC(C)(C)C)CC1. The van der Waals surface area contributed by atoms with E-state index in [1.807, 2.05) is 27.7 Å². The van der Waals surface area contributed by atoms with Gasteiger partial charge in [0, 0.05) is 37.4 Å². The molecule has 1 aliphatic rings. The van der Waals surface area contributed by atoms with E-state index >= 15 is 0 Å². The number of ketones is 1. The van der Waals surface area contributed by atoms with Crippen molar-refractivity contribution in [2.45, 2.75) is 39.3 Å². The molecule has 0 saturated carbocycles. The Hall–Kier alpha value is -2.08. The van der Waals surface area contributed by atoms with Gasteiger partial charge in [0.1, 0.15) is 5.60 Å². The van der Waals surface area contributed by atoms with E-state index in [2.05, 4.69) is 4.90 Å². The third-order valence-electron chi connectivity index (χ3n) is 4.09. The van der Waals surface area contributed by atoms with Gasteiger partial charge in [0.25, 0.3) is 0 Å². The van der Waals surface area contributed by atoms with Crippen LogP contribution in [0.15, 0.2) is 24.3 Å². The number of carbonyl (C=O) groups excluding carboxylic acids is 2. The van der Waals surface area contributed by atoms with Gasteiger partial charge in [0.05, 0.1) is 6.04 Å². The lowest BCUT2D eigenvalue weighted by Gasteiger charge is -2.37. The first-order chi connectivity index (χ1) is 11.2. The molecule has 132 valence electrons. The standard InChI is InChI=1S/C18H27N3O3/c1-13(16(22)14-5-7-15(19)8-6-14)20-9-11-21(12-10-20)17(23)24-18(2,3)4/h5-8,13H,9-12,19H2,1-4H3. The van der Waals surface area contributed by atoms with Crippen LogP contribution in [0.5, 0.6) is 0 Å². The highest BCUT2D eigenvalue weighted by Gasteiger charge is 2.30. The topological polar surface area (TPSA) is 75.9 Å². The lowest BCUT2D eigenvalue weighted by atomic mass is 10.0. The zero-order valence-electron chi connectivity index (χ0n) is 14.9. The van der Waals surface area contributed by atoms with E-state index in [1.54, 1.807) is 29.2 Å². The van der Waals surface area contributed by atoms with Crippen molar-refractivity contribution in [1.29, 1.82) is 0 Å². The molecule has 0 spiro atoms. The smallest absolute Gasteiger partial charge is 0.410 e. The molecule has 1 saturated heterocycles. The van der Waals surface area contributed by atoms with Crippen LogP contribution >= 0.6 is 0 Å². The van der Waals surface area contributed by atoms with Crippen molar-refractivity contribution in [2.24, 2.45) is 0 Å². The van der Waals surface area contributed by atoms with Crippen LogP contribution in [0.25, 0.3) is 0 Å². The fourth-order valence-electron chi connectivity index (χ4n) is 2.67. The number of piperazine rings is 1. The Labute approximate surface area is 143 Å². The molecule has 1 unspecified atom stereocenters. The molecule has 0 bridgehead atoms. The molecule has 1 aromatic carbocycles. The summed E-state index contributed by atoms with van der Waals surface area (Å²) in [6, 6.07) is 6.76. The molecule has 1 heterocycles. The van der Waals surface area contributed by atoms with E-state index in [-0.39, 0.29) is 17.9 Å². The molecule has 24 heavy (non-hydrogen) atoms. The number of rotatable bonds is 3. The van der Waals surface area contributed by atoms with Crippen LogP contribution < -0.4 is 5.73 Å². The normalized spacial score (nSPS) is 17.4. The first-order valence-electron chi connectivity index (χ1n) is 8.29. The van der Waals surface area contributed by atoms with E-state index in [9.17, 15) is 9.59 Å². The summed E-state index contributed by atoms with van der Waals surface area (Å²) in [6.45, 7) is 9.91. The number of amides is 1.